The van der Waals surface area contributed by atoms with Crippen LogP contribution in [0.4, 0.5) is 0 Å². The van der Waals surface area contributed by atoms with Crippen molar-refractivity contribution in [1.82, 2.24) is 14.9 Å². The Morgan fingerprint density at radius 1 is 1.32 bits per heavy atom. The number of benzene rings is 1. The topological polar surface area (TPSA) is 37.8 Å². The van der Waals surface area contributed by atoms with Gasteiger partial charge in [0.25, 0.3) is 0 Å². The van der Waals surface area contributed by atoms with Crippen molar-refractivity contribution < 1.29 is 0 Å². The Hall–Kier alpha value is -1.30. The number of hydrogen-bond acceptors (Lipinski definition) is 5. The van der Waals surface area contributed by atoms with Crippen molar-refractivity contribution in [3.05, 3.63) is 45.8 Å². The average Bonchev–Trinajstić information content (AvgIpc) is 3.03. The molecule has 3 rings (SSSR count). The zero-order chi connectivity index (χ0) is 13.2. The molecule has 1 aromatic carbocycles. The van der Waals surface area contributed by atoms with Crippen LogP contribution < -0.4 is 5.32 Å². The maximum atomic E-state index is 4.11. The maximum absolute atomic E-state index is 4.11. The molecular weight excluding hydrogens is 274 g/mol. The summed E-state index contributed by atoms with van der Waals surface area (Å²) in [7, 11) is 2.00. The molecule has 0 saturated carbocycles. The van der Waals surface area contributed by atoms with Crippen molar-refractivity contribution in [3.63, 3.8) is 0 Å². The molecule has 0 aliphatic heterocycles. The van der Waals surface area contributed by atoms with Gasteiger partial charge < -0.3 is 5.32 Å². The van der Waals surface area contributed by atoms with Gasteiger partial charge in [0.15, 0.2) is 0 Å². The fraction of sp³-hybridized carbons (Fsp3) is 0.286. The summed E-state index contributed by atoms with van der Waals surface area (Å²) in [6.07, 6.45) is 0.977. The Balaban J connectivity index is 1.93. The number of nitrogens with one attached hydrogen (secondary N) is 1. The molecule has 1 atom stereocenters. The van der Waals surface area contributed by atoms with Gasteiger partial charge in [0.1, 0.15) is 0 Å². The van der Waals surface area contributed by atoms with Crippen molar-refractivity contribution in [1.29, 1.82) is 0 Å². The summed E-state index contributed by atoms with van der Waals surface area (Å²) in [5, 5.41) is 11.1. The van der Waals surface area contributed by atoms with Gasteiger partial charge in [0.05, 0.1) is 10.6 Å². The van der Waals surface area contributed by atoms with E-state index in [9.17, 15) is 0 Å². The minimum Gasteiger partial charge on any atom is -0.312 e. The van der Waals surface area contributed by atoms with E-state index in [-0.39, 0.29) is 6.04 Å². The Morgan fingerprint density at radius 2 is 2.16 bits per heavy atom. The number of rotatable bonds is 4. The van der Waals surface area contributed by atoms with Gasteiger partial charge in [-0.25, -0.2) is 0 Å². The number of fused-ring (bicyclic) bond motifs is 1. The number of thiophene rings is 1. The predicted molar refractivity (Wildman–Crippen MR) is 82.0 cm³/mol. The molecule has 0 fully saturated rings. The summed E-state index contributed by atoms with van der Waals surface area (Å²) in [5.41, 5.74) is 2.43. The standard InChI is InChI=1S/C14H15N3S2/c1-9-14(19-17-16-9)12(15-2)7-10-8-18-13-6-4-3-5-11(10)13/h3-6,8,12,15H,7H2,1-2H3. The summed E-state index contributed by atoms with van der Waals surface area (Å²) in [4.78, 5) is 1.23. The van der Waals surface area contributed by atoms with Crippen LogP contribution in [-0.4, -0.2) is 16.6 Å². The summed E-state index contributed by atoms with van der Waals surface area (Å²) in [5.74, 6) is 0. The SMILES string of the molecule is CNC(Cc1csc2ccccc12)c1snnc1C. The lowest BCUT2D eigenvalue weighted by Gasteiger charge is -2.14. The number of hydrogen-bond donors (Lipinski definition) is 1. The fourth-order valence-corrected chi connectivity index (χ4v) is 4.02. The first-order chi connectivity index (χ1) is 9.29. The number of nitrogens with zero attached hydrogens (tertiary/aromatic N) is 2. The number of aromatic nitrogens is 2. The summed E-state index contributed by atoms with van der Waals surface area (Å²) in [6, 6.07) is 8.86. The number of aryl methyl sites for hydroxylation is 1. The summed E-state index contributed by atoms with van der Waals surface area (Å²) < 4.78 is 5.39. The Kier molecular flexibility index (Phi) is 3.59. The van der Waals surface area contributed by atoms with Crippen molar-refractivity contribution in [3.8, 4) is 0 Å². The third-order valence-electron chi connectivity index (χ3n) is 3.34. The van der Waals surface area contributed by atoms with Crippen LogP contribution in [0.3, 0.4) is 0 Å². The zero-order valence-corrected chi connectivity index (χ0v) is 12.5. The van der Waals surface area contributed by atoms with Crippen LogP contribution in [0.5, 0.6) is 0 Å². The Labute approximate surface area is 120 Å². The molecule has 0 spiro atoms. The van der Waals surface area contributed by atoms with E-state index in [2.05, 4.69) is 44.5 Å². The molecule has 3 nitrogen and oxygen atoms in total. The highest BCUT2D eigenvalue weighted by Crippen LogP contribution is 2.30. The highest BCUT2D eigenvalue weighted by atomic mass is 32.1. The Morgan fingerprint density at radius 3 is 2.89 bits per heavy atom. The van der Waals surface area contributed by atoms with E-state index >= 15 is 0 Å². The first kappa shape index (κ1) is 12.7. The molecule has 98 valence electrons. The third-order valence-corrected chi connectivity index (χ3v) is 5.29. The predicted octanol–water partition coefficient (Wildman–Crippen LogP) is 3.56. The fourth-order valence-electron chi connectivity index (χ4n) is 2.29. The van der Waals surface area contributed by atoms with Crippen LogP contribution in [0.1, 0.15) is 22.2 Å². The van der Waals surface area contributed by atoms with Gasteiger partial charge in [0, 0.05) is 10.7 Å². The second-order valence-electron chi connectivity index (χ2n) is 4.53. The second kappa shape index (κ2) is 5.36. The van der Waals surface area contributed by atoms with Crippen LogP contribution in [0.2, 0.25) is 0 Å². The molecule has 0 bridgehead atoms. The van der Waals surface area contributed by atoms with E-state index in [0.29, 0.717) is 0 Å². The van der Waals surface area contributed by atoms with Crippen LogP contribution in [-0.2, 0) is 6.42 Å². The molecule has 0 aliphatic rings. The maximum Gasteiger partial charge on any atom is 0.0772 e. The summed E-state index contributed by atoms with van der Waals surface area (Å²) in [6.45, 7) is 2.02. The van der Waals surface area contributed by atoms with Gasteiger partial charge in [-0.1, -0.05) is 22.7 Å². The highest BCUT2D eigenvalue weighted by Gasteiger charge is 2.17. The van der Waals surface area contributed by atoms with Crippen LogP contribution in [0.25, 0.3) is 10.1 Å². The molecule has 5 heteroatoms. The molecule has 3 aromatic rings. The molecule has 1 unspecified atom stereocenters. The molecule has 2 heterocycles. The molecule has 19 heavy (non-hydrogen) atoms. The van der Waals surface area contributed by atoms with E-state index in [0.717, 1.165) is 12.1 Å². The van der Waals surface area contributed by atoms with Crippen molar-refractivity contribution in [2.24, 2.45) is 0 Å². The van der Waals surface area contributed by atoms with E-state index in [1.54, 1.807) is 0 Å². The molecule has 2 aromatic heterocycles. The molecule has 0 radical (unpaired) electrons. The van der Waals surface area contributed by atoms with Gasteiger partial charge in [-0.3, -0.25) is 0 Å². The first-order valence-electron chi connectivity index (χ1n) is 6.21. The smallest absolute Gasteiger partial charge is 0.0772 e. The molecule has 0 saturated heterocycles. The molecule has 0 aliphatic carbocycles. The average molecular weight is 289 g/mol. The lowest BCUT2D eigenvalue weighted by Crippen LogP contribution is -2.18. The van der Waals surface area contributed by atoms with Crippen molar-refractivity contribution in [2.75, 3.05) is 7.05 Å². The number of likely N-dealkylation sites (N-methyl/N-ethyl adjacent to an activating group) is 1. The largest absolute Gasteiger partial charge is 0.312 e. The normalized spacial score (nSPS) is 12.9. The highest BCUT2D eigenvalue weighted by molar-refractivity contribution is 7.17. The van der Waals surface area contributed by atoms with E-state index < -0.39 is 0 Å². The minimum absolute atomic E-state index is 0.290. The zero-order valence-electron chi connectivity index (χ0n) is 10.9. The van der Waals surface area contributed by atoms with E-state index in [1.165, 1.54) is 32.1 Å². The van der Waals surface area contributed by atoms with Gasteiger partial charge in [-0.15, -0.1) is 16.4 Å². The quantitative estimate of drug-likeness (QED) is 0.798. The third kappa shape index (κ3) is 2.41. The molecular formula is C14H15N3S2. The van der Waals surface area contributed by atoms with E-state index in [4.69, 9.17) is 0 Å². The van der Waals surface area contributed by atoms with Crippen molar-refractivity contribution >= 4 is 33.0 Å². The van der Waals surface area contributed by atoms with Gasteiger partial charge in [-0.2, -0.15) is 0 Å². The Bertz CT molecular complexity index is 687. The van der Waals surface area contributed by atoms with Gasteiger partial charge in [0.2, 0.25) is 0 Å². The lowest BCUT2D eigenvalue weighted by molar-refractivity contribution is 0.600. The van der Waals surface area contributed by atoms with Crippen LogP contribution in [0.15, 0.2) is 29.6 Å². The van der Waals surface area contributed by atoms with Crippen LogP contribution in [0, 0.1) is 6.92 Å². The minimum atomic E-state index is 0.290. The second-order valence-corrected chi connectivity index (χ2v) is 6.22. The van der Waals surface area contributed by atoms with Gasteiger partial charge in [-0.05, 0) is 54.3 Å². The lowest BCUT2D eigenvalue weighted by atomic mass is 10.0. The van der Waals surface area contributed by atoms with Gasteiger partial charge >= 0.3 is 0 Å². The molecule has 1 N–H and O–H groups in total. The monoisotopic (exact) mass is 289 g/mol. The van der Waals surface area contributed by atoms with Crippen molar-refractivity contribution in [2.45, 2.75) is 19.4 Å². The molecule has 0 amide bonds. The van der Waals surface area contributed by atoms with E-state index in [1.807, 2.05) is 25.3 Å². The first-order valence-corrected chi connectivity index (χ1v) is 7.86. The van der Waals surface area contributed by atoms with Crippen LogP contribution >= 0.6 is 22.9 Å². The summed E-state index contributed by atoms with van der Waals surface area (Å²) >= 11 is 3.30.